The van der Waals surface area contributed by atoms with Crippen LogP contribution in [-0.4, -0.2) is 18.3 Å². The molecule has 1 aromatic carbocycles. The normalized spacial score (nSPS) is 10.2. The standard InChI is InChI=1S/C13H10BrNO3S/c14-10-5-6-19-12(10)11(16)7-18-9-3-1-8(2-4-9)13(15)17/h1-6H,7H2,(H2,15,17). The number of ether oxygens (including phenoxy) is 1. The van der Waals surface area contributed by atoms with Crippen molar-refractivity contribution in [3.8, 4) is 5.75 Å². The molecule has 6 heteroatoms. The molecule has 0 radical (unpaired) electrons. The Kier molecular flexibility index (Phi) is 4.34. The second-order valence-corrected chi connectivity index (χ2v) is 5.47. The molecule has 0 saturated carbocycles. The predicted octanol–water partition coefficient (Wildman–Crippen LogP) is 2.87. The number of thiophene rings is 1. The number of carbonyl (C=O) groups is 2. The van der Waals surface area contributed by atoms with Gasteiger partial charge in [0, 0.05) is 10.0 Å². The second-order valence-electron chi connectivity index (χ2n) is 3.70. The molecule has 0 unspecified atom stereocenters. The lowest BCUT2D eigenvalue weighted by Crippen LogP contribution is -2.12. The summed E-state index contributed by atoms with van der Waals surface area (Å²) in [6.07, 6.45) is 0. The summed E-state index contributed by atoms with van der Waals surface area (Å²) in [5.74, 6) is -0.0722. The van der Waals surface area contributed by atoms with Gasteiger partial charge >= 0.3 is 0 Å². The first-order chi connectivity index (χ1) is 9.08. The third-order valence-electron chi connectivity index (χ3n) is 2.38. The average Bonchev–Trinajstić information content (AvgIpc) is 2.83. The number of Topliss-reactive ketones (excluding diaryl/α,β-unsaturated/α-hetero) is 1. The molecule has 0 spiro atoms. The maximum Gasteiger partial charge on any atom is 0.248 e. The quantitative estimate of drug-likeness (QED) is 0.851. The summed E-state index contributed by atoms with van der Waals surface area (Å²) < 4.78 is 6.14. The van der Waals surface area contributed by atoms with Crippen molar-refractivity contribution in [2.75, 3.05) is 6.61 Å². The van der Waals surface area contributed by atoms with Crippen LogP contribution in [0.25, 0.3) is 0 Å². The van der Waals surface area contributed by atoms with Gasteiger partial charge in [0.1, 0.15) is 5.75 Å². The molecule has 0 fully saturated rings. The Morgan fingerprint density at radius 3 is 2.42 bits per heavy atom. The van der Waals surface area contributed by atoms with Gasteiger partial charge in [0.2, 0.25) is 11.7 Å². The van der Waals surface area contributed by atoms with Gasteiger partial charge in [-0.1, -0.05) is 0 Å². The van der Waals surface area contributed by atoms with Crippen LogP contribution in [0.3, 0.4) is 0 Å². The van der Waals surface area contributed by atoms with Crippen molar-refractivity contribution in [3.63, 3.8) is 0 Å². The summed E-state index contributed by atoms with van der Waals surface area (Å²) >= 11 is 4.66. The van der Waals surface area contributed by atoms with E-state index in [1.807, 2.05) is 11.4 Å². The van der Waals surface area contributed by atoms with Crippen LogP contribution in [0.5, 0.6) is 5.75 Å². The van der Waals surface area contributed by atoms with Crippen LogP contribution < -0.4 is 10.5 Å². The van der Waals surface area contributed by atoms with Crippen LogP contribution >= 0.6 is 27.3 Å². The van der Waals surface area contributed by atoms with Gasteiger partial charge in [-0.25, -0.2) is 0 Å². The SMILES string of the molecule is NC(=O)c1ccc(OCC(=O)c2sccc2Br)cc1. The number of amides is 1. The summed E-state index contributed by atoms with van der Waals surface area (Å²) in [5.41, 5.74) is 5.53. The van der Waals surface area contributed by atoms with Crippen LogP contribution in [0, 0.1) is 0 Å². The van der Waals surface area contributed by atoms with Gasteiger partial charge in [-0.3, -0.25) is 9.59 Å². The van der Waals surface area contributed by atoms with Crippen LogP contribution in [0.15, 0.2) is 40.2 Å². The maximum atomic E-state index is 11.9. The first-order valence-corrected chi connectivity index (χ1v) is 7.04. The summed E-state index contributed by atoms with van der Waals surface area (Å²) in [6.45, 7) is -0.0466. The van der Waals surface area contributed by atoms with Crippen molar-refractivity contribution in [1.29, 1.82) is 0 Å². The monoisotopic (exact) mass is 339 g/mol. The lowest BCUT2D eigenvalue weighted by molar-refractivity contribution is 0.0923. The Labute approximate surface area is 122 Å². The number of ketones is 1. The summed E-state index contributed by atoms with van der Waals surface area (Å²) in [5, 5.41) is 1.83. The summed E-state index contributed by atoms with van der Waals surface area (Å²) in [4.78, 5) is 23.4. The highest BCUT2D eigenvalue weighted by molar-refractivity contribution is 9.10. The molecular formula is C13H10BrNO3S. The molecule has 98 valence electrons. The molecule has 1 aromatic heterocycles. The van der Waals surface area contributed by atoms with E-state index in [9.17, 15) is 9.59 Å². The molecule has 2 N–H and O–H groups in total. The smallest absolute Gasteiger partial charge is 0.248 e. The van der Waals surface area contributed by atoms with Crippen molar-refractivity contribution in [3.05, 3.63) is 50.6 Å². The van der Waals surface area contributed by atoms with E-state index in [1.54, 1.807) is 24.3 Å². The Bertz CT molecular complexity index is 607. The lowest BCUT2D eigenvalue weighted by Gasteiger charge is -2.05. The zero-order chi connectivity index (χ0) is 13.8. The number of nitrogens with two attached hydrogens (primary N) is 1. The first kappa shape index (κ1) is 13.8. The number of hydrogen-bond donors (Lipinski definition) is 1. The van der Waals surface area contributed by atoms with Crippen LogP contribution in [0.2, 0.25) is 0 Å². The van der Waals surface area contributed by atoms with Crippen molar-refractivity contribution in [2.24, 2.45) is 5.73 Å². The number of primary amides is 1. The molecule has 1 heterocycles. The fourth-order valence-corrected chi connectivity index (χ4v) is 2.94. The van der Waals surface area contributed by atoms with E-state index in [0.29, 0.717) is 16.2 Å². The Balaban J connectivity index is 1.97. The molecule has 0 atom stereocenters. The summed E-state index contributed by atoms with van der Waals surface area (Å²) in [6, 6.07) is 8.15. The van der Waals surface area contributed by atoms with E-state index in [2.05, 4.69) is 15.9 Å². The molecule has 2 rings (SSSR count). The lowest BCUT2D eigenvalue weighted by atomic mass is 10.2. The van der Waals surface area contributed by atoms with Crippen molar-refractivity contribution in [2.45, 2.75) is 0 Å². The van der Waals surface area contributed by atoms with Gasteiger partial charge in [0.05, 0.1) is 4.88 Å². The van der Waals surface area contributed by atoms with E-state index in [4.69, 9.17) is 10.5 Å². The fourth-order valence-electron chi connectivity index (χ4n) is 1.42. The molecule has 0 aliphatic rings. The Hall–Kier alpha value is -1.66. The Morgan fingerprint density at radius 2 is 1.89 bits per heavy atom. The van der Waals surface area contributed by atoms with Crippen LogP contribution in [0.4, 0.5) is 0 Å². The Morgan fingerprint density at radius 1 is 1.21 bits per heavy atom. The molecule has 0 aliphatic heterocycles. The van der Waals surface area contributed by atoms with E-state index < -0.39 is 5.91 Å². The highest BCUT2D eigenvalue weighted by atomic mass is 79.9. The highest BCUT2D eigenvalue weighted by Crippen LogP contribution is 2.23. The minimum Gasteiger partial charge on any atom is -0.485 e. The van der Waals surface area contributed by atoms with Gasteiger partial charge in [-0.2, -0.15) is 0 Å². The molecule has 19 heavy (non-hydrogen) atoms. The largest absolute Gasteiger partial charge is 0.485 e. The predicted molar refractivity (Wildman–Crippen MR) is 76.8 cm³/mol. The van der Waals surface area contributed by atoms with Crippen LogP contribution in [0.1, 0.15) is 20.0 Å². The molecule has 2 aromatic rings. The van der Waals surface area contributed by atoms with Crippen molar-refractivity contribution in [1.82, 2.24) is 0 Å². The van der Waals surface area contributed by atoms with Gasteiger partial charge in [0.15, 0.2) is 6.61 Å². The van der Waals surface area contributed by atoms with Gasteiger partial charge < -0.3 is 10.5 Å². The number of hydrogen-bond acceptors (Lipinski definition) is 4. The van der Waals surface area contributed by atoms with Gasteiger partial charge in [0.25, 0.3) is 0 Å². The molecule has 0 aliphatic carbocycles. The maximum absolute atomic E-state index is 11.9. The molecule has 1 amide bonds. The van der Waals surface area contributed by atoms with Crippen molar-refractivity contribution >= 4 is 39.0 Å². The topological polar surface area (TPSA) is 69.4 Å². The molecule has 0 saturated heterocycles. The number of benzene rings is 1. The minimum atomic E-state index is -0.495. The minimum absolute atomic E-state index is 0.0466. The van der Waals surface area contributed by atoms with E-state index >= 15 is 0 Å². The first-order valence-electron chi connectivity index (χ1n) is 5.37. The summed E-state index contributed by atoms with van der Waals surface area (Å²) in [7, 11) is 0. The number of rotatable bonds is 5. The number of carbonyl (C=O) groups excluding carboxylic acids is 2. The molecule has 0 bridgehead atoms. The average molecular weight is 340 g/mol. The second kappa shape index (κ2) is 5.99. The van der Waals surface area contributed by atoms with E-state index in [-0.39, 0.29) is 12.4 Å². The fraction of sp³-hybridized carbons (Fsp3) is 0.0769. The van der Waals surface area contributed by atoms with E-state index in [1.165, 1.54) is 11.3 Å². The number of halogens is 1. The van der Waals surface area contributed by atoms with Crippen molar-refractivity contribution < 1.29 is 14.3 Å². The molecular weight excluding hydrogens is 330 g/mol. The highest BCUT2D eigenvalue weighted by Gasteiger charge is 2.12. The third-order valence-corrected chi connectivity index (χ3v) is 4.26. The zero-order valence-electron chi connectivity index (χ0n) is 9.76. The third kappa shape index (κ3) is 3.42. The van der Waals surface area contributed by atoms with Crippen LogP contribution in [-0.2, 0) is 0 Å². The van der Waals surface area contributed by atoms with Gasteiger partial charge in [-0.15, -0.1) is 11.3 Å². The molecule has 4 nitrogen and oxygen atoms in total. The van der Waals surface area contributed by atoms with E-state index in [0.717, 1.165) is 4.47 Å². The van der Waals surface area contributed by atoms with Gasteiger partial charge in [-0.05, 0) is 51.6 Å². The zero-order valence-corrected chi connectivity index (χ0v) is 12.2.